The maximum absolute atomic E-state index is 13.6. The van der Waals surface area contributed by atoms with E-state index in [2.05, 4.69) is 0 Å². The fraction of sp³-hybridized carbons (Fsp3) is 0.467. The molecule has 1 saturated heterocycles. The van der Waals surface area contributed by atoms with Gasteiger partial charge < -0.3 is 10.0 Å². The molecule has 0 bridgehead atoms. The first-order valence-corrected chi connectivity index (χ1v) is 6.88. The van der Waals surface area contributed by atoms with Crippen LogP contribution in [0.2, 0.25) is 0 Å². The molecule has 1 fully saturated rings. The van der Waals surface area contributed by atoms with E-state index >= 15 is 0 Å². The van der Waals surface area contributed by atoms with Crippen LogP contribution in [0.1, 0.15) is 29.8 Å². The summed E-state index contributed by atoms with van der Waals surface area (Å²) in [6.45, 7) is 5.73. The predicted molar refractivity (Wildman–Crippen MR) is 75.6 cm³/mol. The van der Waals surface area contributed by atoms with Crippen LogP contribution in [0, 0.1) is 5.82 Å². The summed E-state index contributed by atoms with van der Waals surface area (Å²) in [6.07, 6.45) is 0. The molecule has 1 amide bonds. The van der Waals surface area contributed by atoms with Gasteiger partial charge in [-0.25, -0.2) is 4.39 Å². The number of phenolic OH excluding ortho intramolecular Hbond substituents is 1. The third-order valence-corrected chi connectivity index (χ3v) is 3.74. The molecule has 1 N–H and O–H groups in total. The van der Waals surface area contributed by atoms with E-state index in [1.807, 2.05) is 4.90 Å². The number of ketones is 1. The number of carbonyl (C=O) groups is 2. The second-order valence-corrected chi connectivity index (χ2v) is 5.30. The van der Waals surface area contributed by atoms with Gasteiger partial charge in [-0.1, -0.05) is 0 Å². The summed E-state index contributed by atoms with van der Waals surface area (Å²) >= 11 is 0. The summed E-state index contributed by atoms with van der Waals surface area (Å²) in [5.74, 6) is -1.01. The molecule has 1 aromatic rings. The maximum Gasteiger partial charge on any atom is 0.219 e. The van der Waals surface area contributed by atoms with Gasteiger partial charge in [0.1, 0.15) is 11.6 Å². The van der Waals surface area contributed by atoms with Crippen LogP contribution >= 0.6 is 0 Å². The van der Waals surface area contributed by atoms with Gasteiger partial charge in [0.05, 0.1) is 5.56 Å². The van der Waals surface area contributed by atoms with Gasteiger partial charge in [-0.2, -0.15) is 0 Å². The van der Waals surface area contributed by atoms with Crippen LogP contribution in [0.4, 0.5) is 4.39 Å². The Balaban J connectivity index is 2.10. The molecule has 0 spiro atoms. The van der Waals surface area contributed by atoms with Gasteiger partial charge in [0.25, 0.3) is 0 Å². The lowest BCUT2D eigenvalue weighted by atomic mass is 10.0. The number of hydrogen-bond donors (Lipinski definition) is 1. The van der Waals surface area contributed by atoms with Gasteiger partial charge in [0.15, 0.2) is 5.78 Å². The quantitative estimate of drug-likeness (QED) is 0.856. The number of phenols is 1. The molecule has 0 saturated carbocycles. The number of aromatic hydroxyl groups is 1. The summed E-state index contributed by atoms with van der Waals surface area (Å²) in [5.41, 5.74) is 0.406. The summed E-state index contributed by atoms with van der Waals surface area (Å²) < 4.78 is 13.6. The molecule has 114 valence electrons. The molecular formula is C15H19FN2O3. The molecule has 1 aliphatic rings. The fourth-order valence-corrected chi connectivity index (χ4v) is 2.51. The highest BCUT2D eigenvalue weighted by atomic mass is 19.1. The van der Waals surface area contributed by atoms with Gasteiger partial charge in [0, 0.05) is 45.2 Å². The zero-order chi connectivity index (χ0) is 15.6. The third kappa shape index (κ3) is 3.58. The molecule has 5 nitrogen and oxygen atoms in total. The largest absolute Gasteiger partial charge is 0.507 e. The Morgan fingerprint density at radius 1 is 1.19 bits per heavy atom. The number of piperazine rings is 1. The highest BCUT2D eigenvalue weighted by Crippen LogP contribution is 2.26. The number of rotatable bonds is 3. The average Bonchev–Trinajstić information content (AvgIpc) is 2.42. The van der Waals surface area contributed by atoms with Crippen molar-refractivity contribution in [3.8, 4) is 5.75 Å². The minimum Gasteiger partial charge on any atom is -0.507 e. The van der Waals surface area contributed by atoms with Crippen molar-refractivity contribution in [3.05, 3.63) is 29.1 Å². The van der Waals surface area contributed by atoms with Crippen molar-refractivity contribution in [1.82, 2.24) is 9.80 Å². The standard InChI is InChI=1S/C15H19FN2O3/c1-10(19)14-8-13(16)7-12(15(14)21)9-17-3-5-18(6-4-17)11(2)20/h7-8,21H,3-6,9H2,1-2H3. The topological polar surface area (TPSA) is 60.9 Å². The number of carbonyl (C=O) groups excluding carboxylic acids is 2. The first-order valence-electron chi connectivity index (χ1n) is 6.88. The second kappa shape index (κ2) is 6.22. The van der Waals surface area contributed by atoms with E-state index in [1.165, 1.54) is 19.9 Å². The third-order valence-electron chi connectivity index (χ3n) is 3.74. The van der Waals surface area contributed by atoms with Crippen molar-refractivity contribution < 1.29 is 19.1 Å². The van der Waals surface area contributed by atoms with Crippen LogP contribution in [0.3, 0.4) is 0 Å². The number of Topliss-reactive ketones (excluding diaryl/α,β-unsaturated/α-hetero) is 1. The van der Waals surface area contributed by atoms with E-state index in [4.69, 9.17) is 0 Å². The summed E-state index contributed by atoms with van der Waals surface area (Å²) in [5, 5.41) is 10.1. The molecular weight excluding hydrogens is 275 g/mol. The zero-order valence-electron chi connectivity index (χ0n) is 12.2. The zero-order valence-corrected chi connectivity index (χ0v) is 12.2. The molecule has 1 aliphatic heterocycles. The Labute approximate surface area is 123 Å². The van der Waals surface area contributed by atoms with Crippen molar-refractivity contribution in [2.24, 2.45) is 0 Å². The highest BCUT2D eigenvalue weighted by Gasteiger charge is 2.21. The fourth-order valence-electron chi connectivity index (χ4n) is 2.51. The lowest BCUT2D eigenvalue weighted by Gasteiger charge is -2.34. The Morgan fingerprint density at radius 3 is 2.33 bits per heavy atom. The van der Waals surface area contributed by atoms with E-state index in [-0.39, 0.29) is 23.0 Å². The smallest absolute Gasteiger partial charge is 0.219 e. The number of nitrogens with zero attached hydrogens (tertiary/aromatic N) is 2. The first kappa shape index (κ1) is 15.4. The Hall–Kier alpha value is -1.95. The maximum atomic E-state index is 13.6. The normalized spacial score (nSPS) is 16.0. The molecule has 0 radical (unpaired) electrons. The molecule has 6 heteroatoms. The van der Waals surface area contributed by atoms with Crippen molar-refractivity contribution in [3.63, 3.8) is 0 Å². The van der Waals surface area contributed by atoms with Gasteiger partial charge >= 0.3 is 0 Å². The van der Waals surface area contributed by atoms with Crippen LogP contribution in [-0.4, -0.2) is 52.8 Å². The number of benzene rings is 1. The SMILES string of the molecule is CC(=O)c1cc(F)cc(CN2CCN(C(C)=O)CC2)c1O. The van der Waals surface area contributed by atoms with Crippen molar-refractivity contribution in [2.45, 2.75) is 20.4 Å². The molecule has 21 heavy (non-hydrogen) atoms. The first-order chi connectivity index (χ1) is 9.88. The Kier molecular flexibility index (Phi) is 4.57. The van der Waals surface area contributed by atoms with E-state index in [0.717, 1.165) is 6.07 Å². The number of halogens is 1. The second-order valence-electron chi connectivity index (χ2n) is 5.30. The van der Waals surface area contributed by atoms with Crippen LogP contribution in [0.5, 0.6) is 5.75 Å². The van der Waals surface area contributed by atoms with Crippen molar-refractivity contribution in [1.29, 1.82) is 0 Å². The Bertz CT molecular complexity index is 566. The minimum atomic E-state index is -0.532. The Morgan fingerprint density at radius 2 is 1.81 bits per heavy atom. The molecule has 0 atom stereocenters. The van der Waals surface area contributed by atoms with Crippen molar-refractivity contribution in [2.75, 3.05) is 26.2 Å². The molecule has 2 rings (SSSR count). The summed E-state index contributed by atoms with van der Waals surface area (Å²) in [4.78, 5) is 26.4. The van der Waals surface area contributed by atoms with Gasteiger partial charge in [-0.05, 0) is 19.1 Å². The van der Waals surface area contributed by atoms with Crippen LogP contribution in [0.25, 0.3) is 0 Å². The van der Waals surface area contributed by atoms with E-state index in [0.29, 0.717) is 38.3 Å². The van der Waals surface area contributed by atoms with Gasteiger partial charge in [-0.3, -0.25) is 14.5 Å². The monoisotopic (exact) mass is 294 g/mol. The molecule has 1 aromatic carbocycles. The van der Waals surface area contributed by atoms with E-state index < -0.39 is 5.82 Å². The number of hydrogen-bond acceptors (Lipinski definition) is 4. The van der Waals surface area contributed by atoms with Crippen LogP contribution in [-0.2, 0) is 11.3 Å². The predicted octanol–water partition coefficient (Wildman–Crippen LogP) is 1.40. The lowest BCUT2D eigenvalue weighted by Crippen LogP contribution is -2.47. The van der Waals surface area contributed by atoms with E-state index in [9.17, 15) is 19.1 Å². The number of amides is 1. The van der Waals surface area contributed by atoms with Crippen molar-refractivity contribution >= 4 is 11.7 Å². The van der Waals surface area contributed by atoms with Crippen LogP contribution < -0.4 is 0 Å². The highest BCUT2D eigenvalue weighted by molar-refractivity contribution is 5.97. The van der Waals surface area contributed by atoms with E-state index in [1.54, 1.807) is 4.90 Å². The molecule has 0 aliphatic carbocycles. The van der Waals surface area contributed by atoms with Gasteiger partial charge in [0.2, 0.25) is 5.91 Å². The summed E-state index contributed by atoms with van der Waals surface area (Å²) in [7, 11) is 0. The molecule has 0 aromatic heterocycles. The molecule has 0 unspecified atom stereocenters. The van der Waals surface area contributed by atoms with Crippen LogP contribution in [0.15, 0.2) is 12.1 Å². The minimum absolute atomic E-state index is 0.00683. The average molecular weight is 294 g/mol. The lowest BCUT2D eigenvalue weighted by molar-refractivity contribution is -0.130. The van der Waals surface area contributed by atoms with Gasteiger partial charge in [-0.15, -0.1) is 0 Å². The molecule has 1 heterocycles. The summed E-state index contributed by atoms with van der Waals surface area (Å²) in [6, 6.07) is 2.30.